The van der Waals surface area contributed by atoms with Crippen molar-refractivity contribution in [1.82, 2.24) is 0 Å². The molecule has 0 aromatic heterocycles. The first-order chi connectivity index (χ1) is 9.67. The Morgan fingerprint density at radius 2 is 2.00 bits per heavy atom. The van der Waals surface area contributed by atoms with Gasteiger partial charge < -0.3 is 5.32 Å². The third-order valence-electron chi connectivity index (χ3n) is 3.21. The lowest BCUT2D eigenvalue weighted by Gasteiger charge is -2.21. The van der Waals surface area contributed by atoms with Crippen LogP contribution in [-0.2, 0) is 0 Å². The molecule has 102 valence electrons. The third-order valence-corrected chi connectivity index (χ3v) is 4.35. The molecule has 1 aliphatic heterocycles. The van der Waals surface area contributed by atoms with Crippen LogP contribution in [0, 0.1) is 5.82 Å². The summed E-state index contributed by atoms with van der Waals surface area (Å²) in [5.41, 5.74) is 2.52. The van der Waals surface area contributed by atoms with Gasteiger partial charge in [-0.3, -0.25) is 4.79 Å². The summed E-state index contributed by atoms with van der Waals surface area (Å²) in [4.78, 5) is 13.8. The number of nitrogens with one attached hydrogen (secondary N) is 1. The van der Waals surface area contributed by atoms with Crippen LogP contribution in [0.1, 0.15) is 30.1 Å². The summed E-state index contributed by atoms with van der Waals surface area (Å²) in [6.07, 6.45) is 1.41. The number of ketones is 1. The summed E-state index contributed by atoms with van der Waals surface area (Å²) in [6.45, 7) is 2.00. The lowest BCUT2D eigenvalue weighted by atomic mass is 10.1. The maximum Gasteiger partial charge on any atom is 0.162 e. The van der Waals surface area contributed by atoms with Crippen molar-refractivity contribution in [2.45, 2.75) is 29.6 Å². The minimum absolute atomic E-state index is 0.159. The Balaban J connectivity index is 1.94. The van der Waals surface area contributed by atoms with Gasteiger partial charge in [-0.2, -0.15) is 0 Å². The van der Waals surface area contributed by atoms with Crippen LogP contribution in [0.3, 0.4) is 0 Å². The largest absolute Gasteiger partial charge is 0.354 e. The smallest absolute Gasteiger partial charge is 0.162 e. The molecule has 4 heteroatoms. The number of hydrogen-bond acceptors (Lipinski definition) is 3. The summed E-state index contributed by atoms with van der Waals surface area (Å²) >= 11 is 1.52. The van der Waals surface area contributed by atoms with Crippen molar-refractivity contribution in [2.24, 2.45) is 0 Å². The first-order valence-electron chi connectivity index (χ1n) is 6.59. The number of hydrogen-bond donors (Lipinski definition) is 1. The molecule has 2 nitrogen and oxygen atoms in total. The Morgan fingerprint density at radius 3 is 2.80 bits per heavy atom. The molecule has 0 saturated carbocycles. The molecular weight excluding hydrogens is 273 g/mol. The van der Waals surface area contributed by atoms with E-state index in [4.69, 9.17) is 0 Å². The normalized spacial score (nSPS) is 12.3. The Morgan fingerprint density at radius 1 is 1.15 bits per heavy atom. The van der Waals surface area contributed by atoms with E-state index in [2.05, 4.69) is 5.32 Å². The van der Waals surface area contributed by atoms with Gasteiger partial charge in [0.05, 0.1) is 11.4 Å². The maximum atomic E-state index is 13.2. The predicted molar refractivity (Wildman–Crippen MR) is 79.5 cm³/mol. The molecule has 0 fully saturated rings. The molecule has 1 aliphatic rings. The first kappa shape index (κ1) is 13.2. The average Bonchev–Trinajstić information content (AvgIpc) is 2.44. The quantitative estimate of drug-likeness (QED) is 0.686. The molecule has 0 radical (unpaired) electrons. The van der Waals surface area contributed by atoms with E-state index in [0.29, 0.717) is 6.42 Å². The number of anilines is 2. The second-order valence-corrected chi connectivity index (χ2v) is 5.84. The van der Waals surface area contributed by atoms with Gasteiger partial charge in [-0.15, -0.1) is 0 Å². The Hall–Kier alpha value is -1.81. The lowest BCUT2D eigenvalue weighted by Crippen LogP contribution is -2.04. The van der Waals surface area contributed by atoms with Crippen LogP contribution in [0.5, 0.6) is 0 Å². The second kappa shape index (κ2) is 5.29. The van der Waals surface area contributed by atoms with Crippen LogP contribution in [0.15, 0.2) is 46.2 Å². The van der Waals surface area contributed by atoms with Crippen LogP contribution in [0.2, 0.25) is 0 Å². The molecule has 0 saturated heterocycles. The summed E-state index contributed by atoms with van der Waals surface area (Å²) in [5, 5.41) is 3.27. The summed E-state index contributed by atoms with van der Waals surface area (Å²) in [6, 6.07) is 10.3. The van der Waals surface area contributed by atoms with Crippen molar-refractivity contribution in [3.8, 4) is 0 Å². The molecule has 2 aromatic rings. The Kier molecular flexibility index (Phi) is 3.49. The maximum absolute atomic E-state index is 13.2. The summed E-state index contributed by atoms with van der Waals surface area (Å²) in [5.74, 6) is -0.0803. The van der Waals surface area contributed by atoms with Gasteiger partial charge in [0.15, 0.2) is 5.78 Å². The fraction of sp³-hybridized carbons (Fsp3) is 0.188. The number of carbonyl (C=O) groups excluding carboxylic acids is 1. The summed E-state index contributed by atoms with van der Waals surface area (Å²) in [7, 11) is 0. The second-order valence-electron chi connectivity index (χ2n) is 4.75. The highest BCUT2D eigenvalue weighted by Gasteiger charge is 2.17. The van der Waals surface area contributed by atoms with Gasteiger partial charge in [0.2, 0.25) is 0 Å². The highest BCUT2D eigenvalue weighted by atomic mass is 32.2. The van der Waals surface area contributed by atoms with Gasteiger partial charge in [-0.05, 0) is 36.8 Å². The topological polar surface area (TPSA) is 29.1 Å². The summed E-state index contributed by atoms with van der Waals surface area (Å²) < 4.78 is 13.2. The van der Waals surface area contributed by atoms with E-state index < -0.39 is 0 Å². The van der Waals surface area contributed by atoms with E-state index in [1.165, 1.54) is 23.9 Å². The van der Waals surface area contributed by atoms with Crippen LogP contribution >= 0.6 is 11.8 Å². The molecule has 1 N–H and O–H groups in total. The molecule has 2 aromatic carbocycles. The van der Waals surface area contributed by atoms with E-state index in [1.807, 2.05) is 25.1 Å². The molecule has 0 amide bonds. The minimum Gasteiger partial charge on any atom is -0.354 e. The standard InChI is InChI=1S/C16H14FNOS/c1-2-3-14(19)10-4-7-15-13(8-10)18-12-6-5-11(17)9-16(12)20-15/h4-9,18H,2-3H2,1H3. The third kappa shape index (κ3) is 2.43. The SMILES string of the molecule is CCCC(=O)c1ccc2c(c1)Nc1ccc(F)cc1S2. The minimum atomic E-state index is -0.240. The number of Topliss-reactive ketones (excluding diaryl/α,β-unsaturated/α-hetero) is 1. The molecule has 0 unspecified atom stereocenters. The van der Waals surface area contributed by atoms with Crippen molar-refractivity contribution in [3.63, 3.8) is 0 Å². The van der Waals surface area contributed by atoms with Gasteiger partial charge in [-0.25, -0.2) is 4.39 Å². The van der Waals surface area contributed by atoms with Gasteiger partial charge in [0.1, 0.15) is 5.82 Å². The van der Waals surface area contributed by atoms with Crippen LogP contribution in [0.25, 0.3) is 0 Å². The molecular formula is C16H14FNOS. The fourth-order valence-electron chi connectivity index (χ4n) is 2.21. The number of fused-ring (bicyclic) bond motifs is 2. The number of carbonyl (C=O) groups is 1. The highest BCUT2D eigenvalue weighted by molar-refractivity contribution is 7.99. The van der Waals surface area contributed by atoms with Crippen LogP contribution in [0.4, 0.5) is 15.8 Å². The van der Waals surface area contributed by atoms with Crippen LogP contribution < -0.4 is 5.32 Å². The van der Waals surface area contributed by atoms with E-state index >= 15 is 0 Å². The van der Waals surface area contributed by atoms with Gasteiger partial charge in [0.25, 0.3) is 0 Å². The molecule has 3 rings (SSSR count). The molecule has 20 heavy (non-hydrogen) atoms. The van der Waals surface area contributed by atoms with Gasteiger partial charge in [0, 0.05) is 21.8 Å². The Bertz CT molecular complexity index is 684. The highest BCUT2D eigenvalue weighted by Crippen LogP contribution is 2.44. The van der Waals surface area contributed by atoms with Gasteiger partial charge >= 0.3 is 0 Å². The number of rotatable bonds is 3. The Labute approximate surface area is 121 Å². The van der Waals surface area contributed by atoms with Crippen molar-refractivity contribution in [2.75, 3.05) is 5.32 Å². The van der Waals surface area contributed by atoms with Crippen LogP contribution in [-0.4, -0.2) is 5.78 Å². The van der Waals surface area contributed by atoms with E-state index in [1.54, 1.807) is 6.07 Å². The lowest BCUT2D eigenvalue weighted by molar-refractivity contribution is 0.0981. The van der Waals surface area contributed by atoms with Gasteiger partial charge in [-0.1, -0.05) is 24.8 Å². The van der Waals surface area contributed by atoms with E-state index in [-0.39, 0.29) is 11.6 Å². The molecule has 0 aliphatic carbocycles. The zero-order valence-corrected chi connectivity index (χ0v) is 11.9. The first-order valence-corrected chi connectivity index (χ1v) is 7.40. The van der Waals surface area contributed by atoms with Crippen molar-refractivity contribution >= 4 is 28.9 Å². The fourth-order valence-corrected chi connectivity index (χ4v) is 3.20. The zero-order chi connectivity index (χ0) is 14.1. The monoisotopic (exact) mass is 287 g/mol. The van der Waals surface area contributed by atoms with Crippen molar-refractivity contribution < 1.29 is 9.18 Å². The molecule has 1 heterocycles. The molecule has 0 atom stereocenters. The van der Waals surface area contributed by atoms with E-state index in [0.717, 1.165) is 33.2 Å². The molecule has 0 spiro atoms. The number of halogens is 1. The average molecular weight is 287 g/mol. The predicted octanol–water partition coefficient (Wildman–Crippen LogP) is 5.02. The molecule has 0 bridgehead atoms. The van der Waals surface area contributed by atoms with E-state index in [9.17, 15) is 9.18 Å². The van der Waals surface area contributed by atoms with Crippen molar-refractivity contribution in [1.29, 1.82) is 0 Å². The zero-order valence-electron chi connectivity index (χ0n) is 11.1. The number of benzene rings is 2. The van der Waals surface area contributed by atoms with Crippen molar-refractivity contribution in [3.05, 3.63) is 47.8 Å².